The molecule has 1 rings (SSSR count). The summed E-state index contributed by atoms with van der Waals surface area (Å²) in [5.41, 5.74) is 0.467. The Balaban J connectivity index is 3.01. The number of carbonyl (C=O) groups is 1. The van der Waals surface area contributed by atoms with Crippen LogP contribution in [0.5, 0.6) is 0 Å². The van der Waals surface area contributed by atoms with Gasteiger partial charge in [0.1, 0.15) is 5.76 Å². The van der Waals surface area contributed by atoms with Crippen LogP contribution in [0.2, 0.25) is 0 Å². The SMILES string of the molecule is CCc1occc1C(=O)N=C=S. The fourth-order valence-electron chi connectivity index (χ4n) is 0.907. The van der Waals surface area contributed by atoms with Crippen molar-refractivity contribution in [1.82, 2.24) is 0 Å². The molecule has 0 aliphatic heterocycles. The number of aryl methyl sites for hydroxylation is 1. The molecule has 1 aromatic rings. The molecule has 0 aliphatic carbocycles. The number of nitrogens with zero attached hydrogens (tertiary/aromatic N) is 1. The zero-order valence-corrected chi connectivity index (χ0v) is 7.35. The minimum Gasteiger partial charge on any atom is -0.469 e. The first kappa shape index (κ1) is 8.84. The fraction of sp³-hybridized carbons (Fsp3) is 0.250. The second-order valence-corrected chi connectivity index (χ2v) is 2.30. The summed E-state index contributed by atoms with van der Waals surface area (Å²) in [6.07, 6.45) is 2.13. The van der Waals surface area contributed by atoms with Crippen molar-refractivity contribution in [2.75, 3.05) is 0 Å². The van der Waals surface area contributed by atoms with Gasteiger partial charge in [-0.2, -0.15) is 4.99 Å². The summed E-state index contributed by atoms with van der Waals surface area (Å²) in [7, 11) is 0. The predicted octanol–water partition coefficient (Wildman–Crippen LogP) is 2.08. The maximum absolute atomic E-state index is 11.1. The highest BCUT2D eigenvalue weighted by atomic mass is 32.1. The molecule has 3 nitrogen and oxygen atoms in total. The number of aliphatic imine (C=N–C) groups is 1. The molecule has 0 saturated carbocycles. The van der Waals surface area contributed by atoms with E-state index >= 15 is 0 Å². The molecule has 0 aromatic carbocycles. The van der Waals surface area contributed by atoms with E-state index in [0.29, 0.717) is 17.7 Å². The molecule has 0 spiro atoms. The van der Waals surface area contributed by atoms with Gasteiger partial charge in [-0.3, -0.25) is 4.79 Å². The van der Waals surface area contributed by atoms with Crippen LogP contribution in [-0.4, -0.2) is 11.1 Å². The molecule has 0 saturated heterocycles. The maximum atomic E-state index is 11.1. The summed E-state index contributed by atoms with van der Waals surface area (Å²) in [6.45, 7) is 1.90. The van der Waals surface area contributed by atoms with Crippen molar-refractivity contribution < 1.29 is 9.21 Å². The van der Waals surface area contributed by atoms with Crippen LogP contribution in [0.25, 0.3) is 0 Å². The maximum Gasteiger partial charge on any atom is 0.289 e. The minimum absolute atomic E-state index is 0.393. The highest BCUT2D eigenvalue weighted by molar-refractivity contribution is 7.78. The first-order valence-corrected chi connectivity index (χ1v) is 3.89. The van der Waals surface area contributed by atoms with Gasteiger partial charge >= 0.3 is 0 Å². The summed E-state index contributed by atoms with van der Waals surface area (Å²) in [6, 6.07) is 1.58. The highest BCUT2D eigenvalue weighted by Crippen LogP contribution is 2.11. The Morgan fingerprint density at radius 2 is 2.58 bits per heavy atom. The van der Waals surface area contributed by atoms with Gasteiger partial charge in [-0.15, -0.1) is 0 Å². The fourth-order valence-corrected chi connectivity index (χ4v) is 0.990. The molecule has 0 unspecified atom stereocenters. The largest absolute Gasteiger partial charge is 0.469 e. The first-order chi connectivity index (χ1) is 5.79. The number of hydrogen-bond acceptors (Lipinski definition) is 3. The third-order valence-electron chi connectivity index (χ3n) is 1.44. The molecule has 12 heavy (non-hydrogen) atoms. The molecule has 4 heteroatoms. The summed E-state index contributed by atoms with van der Waals surface area (Å²) < 4.78 is 5.04. The normalized spacial score (nSPS) is 9.08. The lowest BCUT2D eigenvalue weighted by Gasteiger charge is -1.91. The number of thiocarbonyl (C=S) groups is 1. The summed E-state index contributed by atoms with van der Waals surface area (Å²) in [4.78, 5) is 14.5. The van der Waals surface area contributed by atoms with Crippen molar-refractivity contribution in [1.29, 1.82) is 0 Å². The number of hydrogen-bond donors (Lipinski definition) is 0. The van der Waals surface area contributed by atoms with Crippen molar-refractivity contribution in [2.24, 2.45) is 4.99 Å². The van der Waals surface area contributed by atoms with E-state index in [1.807, 2.05) is 12.1 Å². The van der Waals surface area contributed by atoms with Gasteiger partial charge in [-0.05, 0) is 18.3 Å². The summed E-state index contributed by atoms with van der Waals surface area (Å²) in [5.74, 6) is 0.240. The van der Waals surface area contributed by atoms with E-state index in [4.69, 9.17) is 4.42 Å². The molecule has 0 bridgehead atoms. The van der Waals surface area contributed by atoms with Crippen molar-refractivity contribution in [3.63, 3.8) is 0 Å². The van der Waals surface area contributed by atoms with Gasteiger partial charge in [0.2, 0.25) is 0 Å². The van der Waals surface area contributed by atoms with Gasteiger partial charge in [0, 0.05) is 6.42 Å². The quantitative estimate of drug-likeness (QED) is 0.518. The Morgan fingerprint density at radius 3 is 3.17 bits per heavy atom. The highest BCUT2D eigenvalue weighted by Gasteiger charge is 2.11. The lowest BCUT2D eigenvalue weighted by molar-refractivity contribution is 0.100. The third-order valence-corrected chi connectivity index (χ3v) is 1.54. The predicted molar refractivity (Wildman–Crippen MR) is 47.4 cm³/mol. The Hall–Kier alpha value is -1.25. The number of rotatable bonds is 2. The molecular weight excluding hydrogens is 174 g/mol. The standard InChI is InChI=1S/C8H7NO2S/c1-2-7-6(3-4-11-7)8(10)9-5-12/h3-4H,2H2,1H3. The van der Waals surface area contributed by atoms with E-state index in [9.17, 15) is 4.79 Å². The molecule has 1 heterocycles. The van der Waals surface area contributed by atoms with Crippen LogP contribution in [0.3, 0.4) is 0 Å². The van der Waals surface area contributed by atoms with E-state index in [-0.39, 0.29) is 0 Å². The third kappa shape index (κ3) is 1.67. The van der Waals surface area contributed by atoms with Crippen LogP contribution < -0.4 is 0 Å². The molecular formula is C8H7NO2S. The van der Waals surface area contributed by atoms with Gasteiger partial charge in [-0.1, -0.05) is 6.92 Å². The van der Waals surface area contributed by atoms with Crippen molar-refractivity contribution in [3.8, 4) is 0 Å². The van der Waals surface area contributed by atoms with Gasteiger partial charge in [0.05, 0.1) is 17.0 Å². The lowest BCUT2D eigenvalue weighted by atomic mass is 10.2. The van der Waals surface area contributed by atoms with Crippen molar-refractivity contribution >= 4 is 23.3 Å². The van der Waals surface area contributed by atoms with E-state index in [0.717, 1.165) is 0 Å². The van der Waals surface area contributed by atoms with Crippen LogP contribution in [0.4, 0.5) is 0 Å². The molecule has 1 amide bonds. The molecule has 62 valence electrons. The summed E-state index contributed by atoms with van der Waals surface area (Å²) >= 11 is 4.31. The Labute approximate surface area is 75.1 Å². The van der Waals surface area contributed by atoms with E-state index in [2.05, 4.69) is 17.2 Å². The minimum atomic E-state index is -0.393. The zero-order chi connectivity index (χ0) is 8.97. The number of carbonyl (C=O) groups excluding carboxylic acids is 1. The Bertz CT molecular complexity index is 337. The average Bonchev–Trinajstić information content (AvgIpc) is 2.51. The van der Waals surface area contributed by atoms with Crippen LogP contribution in [0, 0.1) is 0 Å². The lowest BCUT2D eigenvalue weighted by Crippen LogP contribution is -1.95. The van der Waals surface area contributed by atoms with Gasteiger partial charge in [0.15, 0.2) is 0 Å². The van der Waals surface area contributed by atoms with E-state index in [1.54, 1.807) is 6.07 Å². The van der Waals surface area contributed by atoms with Crippen LogP contribution in [0.15, 0.2) is 21.7 Å². The molecule has 0 atom stereocenters. The van der Waals surface area contributed by atoms with Crippen molar-refractivity contribution in [3.05, 3.63) is 23.7 Å². The molecule has 0 radical (unpaired) electrons. The van der Waals surface area contributed by atoms with Crippen molar-refractivity contribution in [2.45, 2.75) is 13.3 Å². The average molecular weight is 181 g/mol. The zero-order valence-electron chi connectivity index (χ0n) is 6.53. The van der Waals surface area contributed by atoms with Gasteiger partial charge in [-0.25, -0.2) is 0 Å². The topological polar surface area (TPSA) is 42.6 Å². The van der Waals surface area contributed by atoms with Gasteiger partial charge < -0.3 is 4.42 Å². The molecule has 0 fully saturated rings. The second-order valence-electron chi connectivity index (χ2n) is 2.12. The Morgan fingerprint density at radius 1 is 1.83 bits per heavy atom. The van der Waals surface area contributed by atoms with Crippen LogP contribution in [-0.2, 0) is 6.42 Å². The molecule has 0 aliphatic rings. The number of isothiocyanates is 1. The second kappa shape index (κ2) is 3.95. The van der Waals surface area contributed by atoms with E-state index < -0.39 is 5.91 Å². The Kier molecular flexibility index (Phi) is 2.91. The first-order valence-electron chi connectivity index (χ1n) is 3.48. The monoisotopic (exact) mass is 181 g/mol. The molecule has 0 N–H and O–H groups in total. The number of amides is 1. The summed E-state index contributed by atoms with van der Waals surface area (Å²) in [5, 5.41) is 2.02. The van der Waals surface area contributed by atoms with Gasteiger partial charge in [0.25, 0.3) is 5.91 Å². The van der Waals surface area contributed by atoms with E-state index in [1.165, 1.54) is 6.26 Å². The smallest absolute Gasteiger partial charge is 0.289 e. The molecule has 1 aromatic heterocycles. The van der Waals surface area contributed by atoms with Crippen LogP contribution >= 0.6 is 12.2 Å². The van der Waals surface area contributed by atoms with Crippen LogP contribution in [0.1, 0.15) is 23.0 Å². The number of furan rings is 1.